The first-order valence-electron chi connectivity index (χ1n) is 22.0. The van der Waals surface area contributed by atoms with Gasteiger partial charge in [-0.3, -0.25) is 32.3 Å². The molecule has 2 aliphatic heterocycles. The van der Waals surface area contributed by atoms with Crippen LogP contribution in [0.3, 0.4) is 0 Å². The van der Waals surface area contributed by atoms with Gasteiger partial charge >= 0.3 is 7.74 Å². The van der Waals surface area contributed by atoms with Crippen LogP contribution in [0.2, 0.25) is 0 Å². The van der Waals surface area contributed by atoms with Crippen molar-refractivity contribution in [2.75, 3.05) is 43.3 Å². The summed E-state index contributed by atoms with van der Waals surface area (Å²) in [5.41, 5.74) is 2.19. The fraction of sp³-hybridized carbons (Fsp3) is 0.432. The third kappa shape index (κ3) is 12.0. The fourth-order valence-electron chi connectivity index (χ4n) is 7.67. The quantitative estimate of drug-likeness (QED) is 0.0489. The minimum absolute atomic E-state index is 0.0115. The van der Waals surface area contributed by atoms with Crippen molar-refractivity contribution in [3.63, 3.8) is 0 Å². The molecule has 0 bridgehead atoms. The minimum Gasteiger partial charge on any atom is -0.376 e. The van der Waals surface area contributed by atoms with Crippen LogP contribution in [0, 0.1) is 6.57 Å². The number of benzene rings is 2. The molecule has 0 spiro atoms. The van der Waals surface area contributed by atoms with E-state index in [0.717, 1.165) is 6.26 Å². The molecule has 2 N–H and O–H groups in total. The van der Waals surface area contributed by atoms with Gasteiger partial charge < -0.3 is 34.4 Å². The van der Waals surface area contributed by atoms with Crippen LogP contribution in [0.15, 0.2) is 90.1 Å². The predicted octanol–water partition coefficient (Wildman–Crippen LogP) is 6.21. The standard InChI is InChI=1S/C44H51N12O11PS/c1-27(2)61-21-33-32(20-36(65-33)56-26-51-38-40(47-24-49-42(38)56)53-44(58)30-15-11-8-12-16-30)67-68(54-69(6,59)60,62-18-17-45-5)63-22-34-31(64-28(3)4)19-35(66-34)55-25-50-37-39(46-23-48-41(37)55)52-43(57)29-13-9-7-10-14-29/h7-16,23-28,31-36H,17-22H2,1-4,6H3,(H,46,48,52,57)(H,47,49,53,58)/t31-,32-,33-,34-,35-,36-,68?/m1/s1. The lowest BCUT2D eigenvalue weighted by Crippen LogP contribution is -2.33. The molecule has 2 aromatic carbocycles. The van der Waals surface area contributed by atoms with Gasteiger partial charge in [0.1, 0.15) is 50.0 Å². The van der Waals surface area contributed by atoms with E-state index in [1.54, 1.807) is 63.7 Å². The molecule has 364 valence electrons. The predicted molar refractivity (Wildman–Crippen MR) is 250 cm³/mol. The van der Waals surface area contributed by atoms with Crippen LogP contribution in [0.5, 0.6) is 0 Å². The Balaban J connectivity index is 1.06. The number of aromatic nitrogens is 8. The van der Waals surface area contributed by atoms with Gasteiger partial charge in [-0.1, -0.05) is 36.4 Å². The molecule has 0 saturated carbocycles. The van der Waals surface area contributed by atoms with Crippen molar-refractivity contribution < 1.29 is 50.5 Å². The normalized spacial score (nSPS) is 21.4. The number of rotatable bonds is 20. The maximum atomic E-state index is 13.2. The maximum absolute atomic E-state index is 13.2. The van der Waals surface area contributed by atoms with Crippen LogP contribution >= 0.6 is 7.74 Å². The van der Waals surface area contributed by atoms with Gasteiger partial charge in [0.2, 0.25) is 6.54 Å². The van der Waals surface area contributed by atoms with Gasteiger partial charge in [-0.2, -0.15) is 0 Å². The summed E-state index contributed by atoms with van der Waals surface area (Å²) in [6.45, 7) is 14.1. The van der Waals surface area contributed by atoms with E-state index in [-0.39, 0.29) is 74.9 Å². The van der Waals surface area contributed by atoms with E-state index >= 15 is 0 Å². The summed E-state index contributed by atoms with van der Waals surface area (Å²) in [6.07, 6.45) is 1.62. The maximum Gasteiger partial charge on any atom is 0.371 e. The van der Waals surface area contributed by atoms with Crippen LogP contribution in [-0.2, 0) is 42.5 Å². The molecule has 6 aromatic rings. The molecule has 2 aliphatic rings. The molecule has 7 atom stereocenters. The Bertz CT molecular complexity index is 2970. The Kier molecular flexibility index (Phi) is 15.5. The van der Waals surface area contributed by atoms with Gasteiger partial charge in [-0.05, 0) is 52.0 Å². The van der Waals surface area contributed by atoms with Crippen molar-refractivity contribution in [3.8, 4) is 0 Å². The summed E-state index contributed by atoms with van der Waals surface area (Å²) in [7, 11) is -8.57. The number of imidazole rings is 2. The first-order chi connectivity index (χ1) is 33.2. The molecule has 0 radical (unpaired) electrons. The number of fused-ring (bicyclic) bond motifs is 2. The largest absolute Gasteiger partial charge is 0.376 e. The number of carbonyl (C=O) groups excluding carboxylic acids is 2. The fourth-order valence-corrected chi connectivity index (χ4v) is 11.1. The second kappa shape index (κ2) is 21.7. The number of hydrogen-bond acceptors (Lipinski definition) is 17. The van der Waals surface area contributed by atoms with Gasteiger partial charge in [-0.15, -0.1) is 4.15 Å². The Labute approximate surface area is 397 Å². The summed E-state index contributed by atoms with van der Waals surface area (Å²) in [5.74, 6) is -0.382. The third-order valence-corrected chi connectivity index (χ3v) is 14.2. The third-order valence-electron chi connectivity index (χ3n) is 10.7. The first kappa shape index (κ1) is 49.3. The van der Waals surface area contributed by atoms with Crippen LogP contribution in [0.4, 0.5) is 11.6 Å². The SMILES string of the molecule is [C-]#[N+]CCOP(=NS(C)(=O)=O)(OC[C@H]1O[C@@H](n2cnc3c(NC(=O)c4ccccc4)ncnc32)C[C@H]1OC(C)C)O[C@@H]1C[C@H](n2cnc3c(NC(=O)c4ccccc4)ncnc32)O[C@@H]1COC(C)C. The van der Waals surface area contributed by atoms with Crippen molar-refractivity contribution in [3.05, 3.63) is 109 Å². The number of hydrogen-bond donors (Lipinski definition) is 2. The highest BCUT2D eigenvalue weighted by Crippen LogP contribution is 2.58. The lowest BCUT2D eigenvalue weighted by molar-refractivity contribution is -0.0807. The van der Waals surface area contributed by atoms with E-state index in [9.17, 15) is 18.0 Å². The molecule has 2 amide bonds. The van der Waals surface area contributed by atoms with Crippen LogP contribution in [-0.4, -0.2) is 129 Å². The molecule has 1 unspecified atom stereocenters. The van der Waals surface area contributed by atoms with Crippen molar-refractivity contribution >= 4 is 63.5 Å². The first-order valence-corrected chi connectivity index (χ1v) is 25.3. The van der Waals surface area contributed by atoms with E-state index < -0.39 is 54.6 Å². The van der Waals surface area contributed by atoms with E-state index in [1.165, 1.54) is 25.3 Å². The van der Waals surface area contributed by atoms with Gasteiger partial charge in [-0.25, -0.2) is 44.9 Å². The number of anilines is 2. The van der Waals surface area contributed by atoms with Crippen LogP contribution < -0.4 is 10.6 Å². The molecular formula is C44H51N12O11PS. The van der Waals surface area contributed by atoms with Crippen molar-refractivity contribution in [2.45, 2.75) is 89.6 Å². The molecule has 0 aliphatic carbocycles. The van der Waals surface area contributed by atoms with E-state index in [0.29, 0.717) is 33.5 Å². The van der Waals surface area contributed by atoms with Crippen molar-refractivity contribution in [2.24, 2.45) is 4.15 Å². The van der Waals surface area contributed by atoms with E-state index in [2.05, 4.69) is 49.5 Å². The van der Waals surface area contributed by atoms with Crippen LogP contribution in [0.25, 0.3) is 27.2 Å². The molecule has 6 heterocycles. The lowest BCUT2D eigenvalue weighted by Gasteiger charge is -2.29. The zero-order valence-electron chi connectivity index (χ0n) is 38.3. The summed E-state index contributed by atoms with van der Waals surface area (Å²) in [4.78, 5) is 56.0. The number of nitrogens with zero attached hydrogens (tertiary/aromatic N) is 10. The van der Waals surface area contributed by atoms with Gasteiger partial charge in [0.15, 0.2) is 34.0 Å². The molecule has 2 fully saturated rings. The topological polar surface area (TPSA) is 261 Å². The molecule has 4 aromatic heterocycles. The van der Waals surface area contributed by atoms with E-state index in [4.69, 9.17) is 39.1 Å². The zero-order chi connectivity index (χ0) is 48.7. The smallest absolute Gasteiger partial charge is 0.371 e. The molecule has 2 saturated heterocycles. The van der Waals surface area contributed by atoms with E-state index in [1.807, 2.05) is 33.8 Å². The summed E-state index contributed by atoms with van der Waals surface area (Å²) in [5, 5.41) is 5.61. The van der Waals surface area contributed by atoms with Crippen molar-refractivity contribution in [1.29, 1.82) is 0 Å². The zero-order valence-corrected chi connectivity index (χ0v) is 40.0. The average Bonchev–Trinajstić information content (AvgIpc) is 4.13. The number of ether oxygens (including phenoxy) is 4. The number of nitrogens with one attached hydrogen (secondary N) is 2. The highest BCUT2D eigenvalue weighted by molar-refractivity contribution is 7.92. The lowest BCUT2D eigenvalue weighted by atomic mass is 10.2. The summed E-state index contributed by atoms with van der Waals surface area (Å²) < 4.78 is 78.6. The molecule has 23 nitrogen and oxygen atoms in total. The highest BCUT2D eigenvalue weighted by atomic mass is 32.2. The van der Waals surface area contributed by atoms with Gasteiger partial charge in [0, 0.05) is 24.0 Å². The van der Waals surface area contributed by atoms with Gasteiger partial charge in [0.05, 0.1) is 50.4 Å². The second-order valence-electron chi connectivity index (χ2n) is 16.5. The Hall–Kier alpha value is -6.13. The molecule has 69 heavy (non-hydrogen) atoms. The Morgan fingerprint density at radius 2 is 1.29 bits per heavy atom. The number of amides is 2. The van der Waals surface area contributed by atoms with Crippen molar-refractivity contribution in [1.82, 2.24) is 39.0 Å². The highest BCUT2D eigenvalue weighted by Gasteiger charge is 2.45. The summed E-state index contributed by atoms with van der Waals surface area (Å²) >= 11 is 0. The Morgan fingerprint density at radius 1 is 0.768 bits per heavy atom. The van der Waals surface area contributed by atoms with Gasteiger partial charge in [0.25, 0.3) is 21.8 Å². The average molecular weight is 987 g/mol. The number of carbonyl (C=O) groups is 2. The minimum atomic E-state index is -4.32. The monoisotopic (exact) mass is 986 g/mol. The molecule has 8 rings (SSSR count). The molecular weight excluding hydrogens is 936 g/mol. The van der Waals surface area contributed by atoms with Crippen LogP contribution in [0.1, 0.15) is 73.7 Å². The Morgan fingerprint density at radius 3 is 1.78 bits per heavy atom. The molecule has 25 heteroatoms. The summed E-state index contributed by atoms with van der Waals surface area (Å²) in [6, 6.07) is 17.3. The second-order valence-corrected chi connectivity index (χ2v) is 20.3. The number of sulfonamides is 1.